The summed E-state index contributed by atoms with van der Waals surface area (Å²) in [6.07, 6.45) is 4.19. The van der Waals surface area contributed by atoms with Crippen molar-refractivity contribution in [2.75, 3.05) is 26.9 Å². The zero-order valence-electron chi connectivity index (χ0n) is 22.0. The van der Waals surface area contributed by atoms with Gasteiger partial charge in [-0.1, -0.05) is 108 Å². The van der Waals surface area contributed by atoms with Gasteiger partial charge in [-0.15, -0.1) is 6.58 Å². The van der Waals surface area contributed by atoms with E-state index in [0.29, 0.717) is 19.8 Å². The molecule has 0 atom stereocenters. The summed E-state index contributed by atoms with van der Waals surface area (Å²) in [6, 6.07) is 0. The Kier molecular flexibility index (Phi) is 76.0. The van der Waals surface area contributed by atoms with E-state index in [1.807, 2.05) is 62.3 Å². The van der Waals surface area contributed by atoms with Gasteiger partial charge >= 0.3 is 11.9 Å². The Morgan fingerprint density at radius 1 is 0.625 bits per heavy atom. The van der Waals surface area contributed by atoms with E-state index in [9.17, 15) is 14.4 Å². The van der Waals surface area contributed by atoms with E-state index in [1.165, 1.54) is 7.11 Å². The second kappa shape index (κ2) is 39.5. The smallest absolute Gasteiger partial charge is 0.311 e. The van der Waals surface area contributed by atoms with E-state index in [-0.39, 0.29) is 95.4 Å². The molecule has 0 aromatic carbocycles. The summed E-state index contributed by atoms with van der Waals surface area (Å²) < 4.78 is 14.7. The maximum Gasteiger partial charge on any atom is 0.311 e. The molecular formula is C34H84O6. The van der Waals surface area contributed by atoms with Crippen molar-refractivity contribution in [3.63, 3.8) is 0 Å². The number of carbonyl (C=O) groups excluding carboxylic acids is 3. The number of hydrogen-bond donors (Lipinski definition) is 0. The third-order valence-corrected chi connectivity index (χ3v) is 5.59. The molecule has 0 saturated heterocycles. The van der Waals surface area contributed by atoms with Crippen molar-refractivity contribution in [3.8, 4) is 0 Å². The summed E-state index contributed by atoms with van der Waals surface area (Å²) in [7, 11) is 1.42. The molecule has 0 spiro atoms. The second-order valence-electron chi connectivity index (χ2n) is 9.26. The number of ketones is 1. The number of rotatable bonds is 11. The zero-order valence-corrected chi connectivity index (χ0v) is 22.0. The van der Waals surface area contributed by atoms with Crippen molar-refractivity contribution < 1.29 is 28.6 Å². The van der Waals surface area contributed by atoms with E-state index in [2.05, 4.69) is 11.3 Å². The van der Waals surface area contributed by atoms with Gasteiger partial charge in [-0.2, -0.15) is 0 Å². The van der Waals surface area contributed by atoms with E-state index < -0.39 is 5.41 Å². The summed E-state index contributed by atoms with van der Waals surface area (Å²) in [6.45, 7) is 23.8. The summed E-state index contributed by atoms with van der Waals surface area (Å²) in [5.41, 5.74) is -0.798. The van der Waals surface area contributed by atoms with Crippen LogP contribution in [-0.4, -0.2) is 44.7 Å². The first-order valence-electron chi connectivity index (χ1n) is 11.0. The average Bonchev–Trinajstić information content (AvgIpc) is 2.73. The van der Waals surface area contributed by atoms with Gasteiger partial charge in [0.2, 0.25) is 0 Å². The Morgan fingerprint density at radius 3 is 1.15 bits per heavy atom. The molecule has 0 radical (unpaired) electrons. The second-order valence-corrected chi connectivity index (χ2v) is 9.26. The van der Waals surface area contributed by atoms with Gasteiger partial charge in [-0.3, -0.25) is 14.4 Å². The van der Waals surface area contributed by atoms with Gasteiger partial charge in [0.15, 0.2) is 0 Å². The van der Waals surface area contributed by atoms with Crippen LogP contribution in [0.25, 0.3) is 0 Å². The van der Waals surface area contributed by atoms with E-state index in [1.54, 1.807) is 13.0 Å². The number of methoxy groups -OCH3 is 1. The molecule has 0 bridgehead atoms. The van der Waals surface area contributed by atoms with Crippen molar-refractivity contribution >= 4 is 17.7 Å². The third-order valence-electron chi connectivity index (χ3n) is 5.59. The topological polar surface area (TPSA) is 78.9 Å². The van der Waals surface area contributed by atoms with Gasteiger partial charge in [-0.25, -0.2) is 0 Å². The normalized spacial score (nSPS) is 8.68. The molecule has 0 fully saturated rings. The molecule has 0 aliphatic rings. The van der Waals surface area contributed by atoms with Crippen LogP contribution in [-0.2, 0) is 28.6 Å². The van der Waals surface area contributed by atoms with Crippen molar-refractivity contribution in [3.05, 3.63) is 12.7 Å². The van der Waals surface area contributed by atoms with Gasteiger partial charge in [0.1, 0.15) is 12.4 Å². The maximum atomic E-state index is 11.4. The lowest BCUT2D eigenvalue weighted by atomic mass is 9.86. The van der Waals surface area contributed by atoms with Crippen LogP contribution in [0, 0.1) is 16.2 Å². The first kappa shape index (κ1) is 77.0. The van der Waals surface area contributed by atoms with Crippen LogP contribution in [0.1, 0.15) is 155 Å². The number of esters is 2. The Balaban J connectivity index is -0.0000000274. The van der Waals surface area contributed by atoms with E-state index in [4.69, 9.17) is 9.47 Å². The quantitative estimate of drug-likeness (QED) is 0.136. The van der Waals surface area contributed by atoms with Crippen LogP contribution in [0.15, 0.2) is 12.7 Å². The SMILES string of the molecule is C.C.C.C.C.C.C.C.C.C=CCOCCOC(=O)C(C)(C)CC.CCC(C)(C)C(=O)OC.CCC(C)(C)C(C)=O. The summed E-state index contributed by atoms with van der Waals surface area (Å²) in [5, 5.41) is 0. The first-order valence-corrected chi connectivity index (χ1v) is 11.0. The number of ether oxygens (including phenoxy) is 3. The van der Waals surface area contributed by atoms with Gasteiger partial charge in [-0.05, 0) is 53.9 Å². The highest BCUT2D eigenvalue weighted by atomic mass is 16.6. The lowest BCUT2D eigenvalue weighted by molar-refractivity contribution is -0.155. The fraction of sp³-hybridized carbons (Fsp3) is 0.853. The molecule has 0 unspecified atom stereocenters. The van der Waals surface area contributed by atoms with Crippen molar-refractivity contribution in [2.45, 2.75) is 155 Å². The fourth-order valence-corrected chi connectivity index (χ4v) is 1.37. The van der Waals surface area contributed by atoms with Crippen molar-refractivity contribution in [1.29, 1.82) is 0 Å². The number of carbonyl (C=O) groups is 3. The highest BCUT2D eigenvalue weighted by molar-refractivity contribution is 5.81. The molecule has 0 rings (SSSR count). The number of Topliss-reactive ketones (excluding diaryl/α,β-unsaturated/α-hetero) is 1. The van der Waals surface area contributed by atoms with Crippen LogP contribution >= 0.6 is 0 Å². The Morgan fingerprint density at radius 2 is 0.950 bits per heavy atom. The van der Waals surface area contributed by atoms with Gasteiger partial charge < -0.3 is 14.2 Å². The maximum absolute atomic E-state index is 11.4. The average molecular weight is 589 g/mol. The molecule has 0 amide bonds. The van der Waals surface area contributed by atoms with Gasteiger partial charge in [0.25, 0.3) is 0 Å². The molecule has 0 aromatic heterocycles. The monoisotopic (exact) mass is 589 g/mol. The van der Waals surface area contributed by atoms with E-state index in [0.717, 1.165) is 19.3 Å². The minimum atomic E-state index is -0.390. The zero-order chi connectivity index (χ0) is 25.3. The van der Waals surface area contributed by atoms with Crippen LogP contribution in [0.3, 0.4) is 0 Å². The van der Waals surface area contributed by atoms with Crippen LogP contribution < -0.4 is 0 Å². The molecule has 0 N–H and O–H groups in total. The number of hydrogen-bond acceptors (Lipinski definition) is 6. The van der Waals surface area contributed by atoms with Crippen molar-refractivity contribution in [2.24, 2.45) is 16.2 Å². The Hall–Kier alpha value is -1.69. The van der Waals surface area contributed by atoms with Gasteiger partial charge in [0, 0.05) is 5.41 Å². The largest absolute Gasteiger partial charge is 0.469 e. The molecule has 0 aromatic rings. The van der Waals surface area contributed by atoms with Crippen LogP contribution in [0.5, 0.6) is 0 Å². The molecule has 0 saturated carbocycles. The molecule has 40 heavy (non-hydrogen) atoms. The predicted octanol–water partition coefficient (Wildman–Crippen LogP) is 11.5. The molecule has 0 aliphatic heterocycles. The highest BCUT2D eigenvalue weighted by Crippen LogP contribution is 2.21. The van der Waals surface area contributed by atoms with Crippen LogP contribution in [0.2, 0.25) is 0 Å². The Bertz CT molecular complexity index is 535. The molecule has 0 heterocycles. The minimum absolute atomic E-state index is 0. The molecule has 6 nitrogen and oxygen atoms in total. The molecule has 256 valence electrons. The Labute approximate surface area is 257 Å². The minimum Gasteiger partial charge on any atom is -0.469 e. The first-order chi connectivity index (χ1) is 14.1. The summed E-state index contributed by atoms with van der Waals surface area (Å²) in [5.74, 6) is -0.0211. The summed E-state index contributed by atoms with van der Waals surface area (Å²) in [4.78, 5) is 33.0. The molecule has 6 heteroatoms. The predicted molar refractivity (Wildman–Crippen MR) is 187 cm³/mol. The molecule has 0 aliphatic carbocycles. The molecular weight excluding hydrogens is 504 g/mol. The fourth-order valence-electron chi connectivity index (χ4n) is 1.37. The van der Waals surface area contributed by atoms with Crippen molar-refractivity contribution in [1.82, 2.24) is 0 Å². The van der Waals surface area contributed by atoms with E-state index >= 15 is 0 Å². The third kappa shape index (κ3) is 38.5. The summed E-state index contributed by atoms with van der Waals surface area (Å²) >= 11 is 0. The van der Waals surface area contributed by atoms with Crippen LogP contribution in [0.4, 0.5) is 0 Å². The standard InChI is InChI=1S/C11H20O3.C7H14O2.C7H14O.9CH4/c1-5-7-13-8-9-14-10(12)11(3,4)6-2;1-5-7(2,3)6(8)9-4;1-5-7(3,4)6(2)8;;;;;;;;;/h5H,1,6-9H2,2-4H3;5H2,1-4H3;5H2,1-4H3;9*1H4. The van der Waals surface area contributed by atoms with Gasteiger partial charge in [0.05, 0.1) is 31.2 Å². The lowest BCUT2D eigenvalue weighted by Gasteiger charge is -2.20. The lowest BCUT2D eigenvalue weighted by Crippen LogP contribution is -2.27. The highest BCUT2D eigenvalue weighted by Gasteiger charge is 2.27.